The van der Waals surface area contributed by atoms with Crippen molar-refractivity contribution in [2.75, 3.05) is 18.5 Å². The van der Waals surface area contributed by atoms with E-state index in [1.54, 1.807) is 6.07 Å². The van der Waals surface area contributed by atoms with E-state index in [1.807, 2.05) is 0 Å². The third kappa shape index (κ3) is 3.89. The third-order valence-electron chi connectivity index (χ3n) is 3.53. The molecule has 0 bridgehead atoms. The highest BCUT2D eigenvalue weighted by Crippen LogP contribution is 2.24. The van der Waals surface area contributed by atoms with E-state index in [4.69, 9.17) is 5.84 Å². The maximum absolute atomic E-state index is 11.1. The third-order valence-corrected chi connectivity index (χ3v) is 3.53. The van der Waals surface area contributed by atoms with Gasteiger partial charge in [0.1, 0.15) is 0 Å². The van der Waals surface area contributed by atoms with Gasteiger partial charge in [-0.15, -0.1) is 0 Å². The zero-order valence-corrected chi connectivity index (χ0v) is 11.8. The predicted octanol–water partition coefficient (Wildman–Crippen LogP) is 0.591. The van der Waals surface area contributed by atoms with Crippen molar-refractivity contribution in [2.45, 2.75) is 25.9 Å². The molecule has 2 rings (SSSR count). The molecule has 8 nitrogen and oxygen atoms in total. The van der Waals surface area contributed by atoms with Crippen LogP contribution in [0.4, 0.5) is 11.4 Å². The number of nitrogen functional groups attached to an aromatic ring is 1. The molecule has 1 aromatic rings. The minimum Gasteiger partial charge on any atom is -0.352 e. The average Bonchev–Trinajstić information content (AvgIpc) is 2.85. The second kappa shape index (κ2) is 6.51. The molecule has 1 aliphatic rings. The lowest BCUT2D eigenvalue weighted by atomic mass is 10.1. The molecule has 1 aromatic carbocycles. The van der Waals surface area contributed by atoms with Gasteiger partial charge in [0.15, 0.2) is 0 Å². The number of carbonyl (C=O) groups excluding carboxylic acids is 1. The maximum Gasteiger partial charge on any atom is 0.269 e. The molecule has 1 aliphatic heterocycles. The summed E-state index contributed by atoms with van der Waals surface area (Å²) in [6.07, 6.45) is 0.875. The summed E-state index contributed by atoms with van der Waals surface area (Å²) >= 11 is 0. The van der Waals surface area contributed by atoms with Crippen LogP contribution in [0.3, 0.4) is 0 Å². The van der Waals surface area contributed by atoms with Gasteiger partial charge in [-0.3, -0.25) is 25.7 Å². The molecule has 8 heteroatoms. The van der Waals surface area contributed by atoms with Gasteiger partial charge in [0.25, 0.3) is 5.69 Å². The molecule has 114 valence electrons. The molecule has 0 saturated carbocycles. The molecule has 0 radical (unpaired) electrons. The summed E-state index contributed by atoms with van der Waals surface area (Å²) in [6, 6.07) is 4.69. The molecular weight excluding hydrogens is 274 g/mol. The van der Waals surface area contributed by atoms with E-state index in [0.29, 0.717) is 12.2 Å². The van der Waals surface area contributed by atoms with Crippen molar-refractivity contribution in [1.82, 2.24) is 10.2 Å². The molecule has 1 fully saturated rings. The van der Waals surface area contributed by atoms with Crippen LogP contribution in [0.2, 0.25) is 0 Å². The normalized spacial score (nSPS) is 18.5. The Morgan fingerprint density at radius 3 is 2.95 bits per heavy atom. The average molecular weight is 293 g/mol. The second-order valence-corrected chi connectivity index (χ2v) is 5.16. The van der Waals surface area contributed by atoms with E-state index in [-0.39, 0.29) is 17.6 Å². The Bertz CT molecular complexity index is 549. The number of nitro benzene ring substituents is 1. The van der Waals surface area contributed by atoms with E-state index in [0.717, 1.165) is 25.1 Å². The van der Waals surface area contributed by atoms with Crippen molar-refractivity contribution in [1.29, 1.82) is 0 Å². The molecule has 0 aromatic heterocycles. The van der Waals surface area contributed by atoms with Crippen molar-refractivity contribution >= 4 is 17.3 Å². The lowest BCUT2D eigenvalue weighted by Crippen LogP contribution is -2.35. The van der Waals surface area contributed by atoms with Crippen LogP contribution < -0.4 is 16.6 Å². The molecule has 1 amide bonds. The summed E-state index contributed by atoms with van der Waals surface area (Å²) in [5.74, 6) is 5.41. The number of nitro groups is 1. The maximum atomic E-state index is 11.1. The molecule has 1 heterocycles. The standard InChI is InChI=1S/C13H19N5O3/c1-9(19)15-11-4-5-17(8-11)7-10-6-12(18(20)21)2-3-13(10)16-14/h2-3,6,11,16H,4-5,7-8,14H2,1H3,(H,15,19). The second-order valence-electron chi connectivity index (χ2n) is 5.16. The predicted molar refractivity (Wildman–Crippen MR) is 78.4 cm³/mol. The number of nitrogens with two attached hydrogens (primary N) is 1. The Hall–Kier alpha value is -2.19. The molecule has 0 aliphatic carbocycles. The van der Waals surface area contributed by atoms with E-state index in [9.17, 15) is 14.9 Å². The molecule has 0 spiro atoms. The Labute approximate surface area is 122 Å². The number of hydrazine groups is 1. The Kier molecular flexibility index (Phi) is 4.71. The van der Waals surface area contributed by atoms with Crippen LogP contribution >= 0.6 is 0 Å². The summed E-state index contributed by atoms with van der Waals surface area (Å²) in [7, 11) is 0. The quantitative estimate of drug-likeness (QED) is 0.416. The number of likely N-dealkylation sites (tertiary alicyclic amines) is 1. The number of hydrogen-bond acceptors (Lipinski definition) is 6. The summed E-state index contributed by atoms with van der Waals surface area (Å²) in [4.78, 5) is 23.6. The number of amides is 1. The SMILES string of the molecule is CC(=O)NC1CCN(Cc2cc([N+](=O)[O-])ccc2NN)C1. The number of hydrogen-bond donors (Lipinski definition) is 3. The monoisotopic (exact) mass is 293 g/mol. The van der Waals surface area contributed by atoms with Crippen molar-refractivity contribution in [3.63, 3.8) is 0 Å². The fourth-order valence-electron chi connectivity index (χ4n) is 2.59. The first-order chi connectivity index (χ1) is 9.99. The lowest BCUT2D eigenvalue weighted by molar-refractivity contribution is -0.384. The van der Waals surface area contributed by atoms with Gasteiger partial charge < -0.3 is 10.7 Å². The number of benzene rings is 1. The Morgan fingerprint density at radius 1 is 1.57 bits per heavy atom. The first kappa shape index (κ1) is 15.2. The van der Waals surface area contributed by atoms with E-state index < -0.39 is 4.92 Å². The highest BCUT2D eigenvalue weighted by Gasteiger charge is 2.24. The highest BCUT2D eigenvalue weighted by atomic mass is 16.6. The van der Waals surface area contributed by atoms with Crippen molar-refractivity contribution < 1.29 is 9.72 Å². The first-order valence-corrected chi connectivity index (χ1v) is 6.73. The van der Waals surface area contributed by atoms with Gasteiger partial charge in [-0.25, -0.2) is 0 Å². The van der Waals surface area contributed by atoms with Gasteiger partial charge >= 0.3 is 0 Å². The van der Waals surface area contributed by atoms with Crippen LogP contribution in [0.1, 0.15) is 18.9 Å². The molecular formula is C13H19N5O3. The van der Waals surface area contributed by atoms with Gasteiger partial charge in [0.05, 0.1) is 10.6 Å². The van der Waals surface area contributed by atoms with Crippen molar-refractivity contribution in [3.05, 3.63) is 33.9 Å². The summed E-state index contributed by atoms with van der Waals surface area (Å²) < 4.78 is 0. The van der Waals surface area contributed by atoms with E-state index in [1.165, 1.54) is 19.1 Å². The van der Waals surface area contributed by atoms with Gasteiger partial charge in [-0.05, 0) is 18.1 Å². The van der Waals surface area contributed by atoms with Crippen molar-refractivity contribution in [2.24, 2.45) is 5.84 Å². The fourth-order valence-corrected chi connectivity index (χ4v) is 2.59. The minimum absolute atomic E-state index is 0.0403. The number of non-ortho nitro benzene ring substituents is 1. The molecule has 1 unspecified atom stereocenters. The fraction of sp³-hybridized carbons (Fsp3) is 0.462. The van der Waals surface area contributed by atoms with Gasteiger partial charge in [-0.2, -0.15) is 0 Å². The van der Waals surface area contributed by atoms with Crippen LogP contribution in [0.15, 0.2) is 18.2 Å². The highest BCUT2D eigenvalue weighted by molar-refractivity contribution is 5.73. The van der Waals surface area contributed by atoms with Gasteiger partial charge in [0, 0.05) is 44.7 Å². The van der Waals surface area contributed by atoms with Crippen LogP contribution in [-0.4, -0.2) is 34.9 Å². The summed E-state index contributed by atoms with van der Waals surface area (Å²) in [5.41, 5.74) is 4.05. The van der Waals surface area contributed by atoms with Crippen LogP contribution in [0.25, 0.3) is 0 Å². The Morgan fingerprint density at radius 2 is 2.33 bits per heavy atom. The van der Waals surface area contributed by atoms with Crippen LogP contribution in [-0.2, 0) is 11.3 Å². The van der Waals surface area contributed by atoms with E-state index in [2.05, 4.69) is 15.6 Å². The molecule has 1 atom stereocenters. The summed E-state index contributed by atoms with van der Waals surface area (Å²) in [6.45, 7) is 3.61. The number of nitrogens with zero attached hydrogens (tertiary/aromatic N) is 2. The number of anilines is 1. The smallest absolute Gasteiger partial charge is 0.269 e. The largest absolute Gasteiger partial charge is 0.352 e. The van der Waals surface area contributed by atoms with Gasteiger partial charge in [0.2, 0.25) is 5.91 Å². The number of carbonyl (C=O) groups is 1. The topological polar surface area (TPSA) is 114 Å². The first-order valence-electron chi connectivity index (χ1n) is 6.73. The van der Waals surface area contributed by atoms with Crippen LogP contribution in [0.5, 0.6) is 0 Å². The van der Waals surface area contributed by atoms with Crippen molar-refractivity contribution in [3.8, 4) is 0 Å². The number of rotatable bonds is 5. The zero-order valence-electron chi connectivity index (χ0n) is 11.8. The van der Waals surface area contributed by atoms with Crippen LogP contribution in [0, 0.1) is 10.1 Å². The minimum atomic E-state index is -0.423. The zero-order chi connectivity index (χ0) is 15.4. The lowest BCUT2D eigenvalue weighted by Gasteiger charge is -2.18. The number of nitrogens with one attached hydrogen (secondary N) is 2. The summed E-state index contributed by atoms with van der Waals surface area (Å²) in [5, 5.41) is 13.7. The van der Waals surface area contributed by atoms with E-state index >= 15 is 0 Å². The Balaban J connectivity index is 2.07. The van der Waals surface area contributed by atoms with Gasteiger partial charge in [-0.1, -0.05) is 0 Å². The molecule has 21 heavy (non-hydrogen) atoms. The molecule has 1 saturated heterocycles. The molecule has 4 N–H and O–H groups in total.